The molecule has 0 saturated carbocycles. The summed E-state index contributed by atoms with van der Waals surface area (Å²) in [6, 6.07) is 1.77. The van der Waals surface area contributed by atoms with Crippen molar-refractivity contribution in [3.8, 4) is 0 Å². The molecule has 1 aromatic heterocycles. The number of esters is 1. The number of ether oxygens (including phenoxy) is 1. The monoisotopic (exact) mass is 244 g/mol. The molecule has 4 nitrogen and oxygen atoms in total. The van der Waals surface area contributed by atoms with E-state index in [2.05, 4.69) is 4.74 Å². The molecule has 1 rings (SSSR count). The van der Waals surface area contributed by atoms with Crippen LogP contribution in [0.5, 0.6) is 0 Å². The summed E-state index contributed by atoms with van der Waals surface area (Å²) in [5.74, 6) is 0.504. The van der Waals surface area contributed by atoms with Gasteiger partial charge in [0.05, 0.1) is 13.4 Å². The predicted octanol–water partition coefficient (Wildman–Crippen LogP) is 2.07. The Bertz CT molecular complexity index is 334. The molecule has 0 aromatic carbocycles. The molecule has 0 spiro atoms. The average Bonchev–Trinajstić information content (AvgIpc) is 2.74. The van der Waals surface area contributed by atoms with E-state index in [4.69, 9.17) is 9.52 Å². The SMILES string of the molecule is COC(=O)c1occc1CSC(C)CCO. The molecule has 90 valence electrons. The standard InChI is InChI=1S/C11H16O4S/c1-8(3-5-12)16-7-9-4-6-15-10(9)11(13)14-2/h4,6,8,12H,3,5,7H2,1-2H3. The van der Waals surface area contributed by atoms with E-state index >= 15 is 0 Å². The van der Waals surface area contributed by atoms with Crippen LogP contribution in [0.4, 0.5) is 0 Å². The average molecular weight is 244 g/mol. The molecule has 1 heterocycles. The minimum atomic E-state index is -0.449. The minimum Gasteiger partial charge on any atom is -0.463 e. The molecule has 0 amide bonds. The van der Waals surface area contributed by atoms with Crippen molar-refractivity contribution in [1.82, 2.24) is 0 Å². The van der Waals surface area contributed by atoms with Gasteiger partial charge in [-0.1, -0.05) is 6.92 Å². The van der Waals surface area contributed by atoms with Gasteiger partial charge in [-0.25, -0.2) is 4.79 Å². The van der Waals surface area contributed by atoms with E-state index in [1.165, 1.54) is 13.4 Å². The fourth-order valence-electron chi connectivity index (χ4n) is 1.22. The summed E-state index contributed by atoms with van der Waals surface area (Å²) >= 11 is 1.67. The highest BCUT2D eigenvalue weighted by Gasteiger charge is 2.16. The topological polar surface area (TPSA) is 59.7 Å². The molecule has 1 unspecified atom stereocenters. The van der Waals surface area contributed by atoms with Crippen molar-refractivity contribution in [2.45, 2.75) is 24.3 Å². The van der Waals surface area contributed by atoms with Crippen LogP contribution in [-0.2, 0) is 10.5 Å². The Morgan fingerprint density at radius 2 is 2.44 bits per heavy atom. The number of aliphatic hydroxyl groups excluding tert-OH is 1. The highest BCUT2D eigenvalue weighted by atomic mass is 32.2. The van der Waals surface area contributed by atoms with Crippen LogP contribution in [0.25, 0.3) is 0 Å². The number of hydrogen-bond acceptors (Lipinski definition) is 5. The van der Waals surface area contributed by atoms with Crippen LogP contribution in [0.3, 0.4) is 0 Å². The molecule has 1 aromatic rings. The van der Waals surface area contributed by atoms with Gasteiger partial charge in [0.2, 0.25) is 5.76 Å². The summed E-state index contributed by atoms with van der Waals surface area (Å²) in [4.78, 5) is 11.3. The zero-order valence-electron chi connectivity index (χ0n) is 9.43. The van der Waals surface area contributed by atoms with E-state index in [1.54, 1.807) is 17.8 Å². The maximum absolute atomic E-state index is 11.3. The van der Waals surface area contributed by atoms with Crippen molar-refractivity contribution in [3.63, 3.8) is 0 Å². The van der Waals surface area contributed by atoms with Crippen LogP contribution in [0, 0.1) is 0 Å². The third kappa shape index (κ3) is 3.57. The van der Waals surface area contributed by atoms with Gasteiger partial charge in [0.15, 0.2) is 0 Å². The fourth-order valence-corrected chi connectivity index (χ4v) is 2.18. The second kappa shape index (κ2) is 6.60. The lowest BCUT2D eigenvalue weighted by Gasteiger charge is -2.08. The zero-order chi connectivity index (χ0) is 12.0. The van der Waals surface area contributed by atoms with Gasteiger partial charge in [-0.05, 0) is 12.5 Å². The molecule has 0 aliphatic carbocycles. The first kappa shape index (κ1) is 13.1. The highest BCUT2D eigenvalue weighted by Crippen LogP contribution is 2.23. The lowest BCUT2D eigenvalue weighted by molar-refractivity contribution is 0.0564. The molecule has 0 aliphatic rings. The van der Waals surface area contributed by atoms with Crippen LogP contribution < -0.4 is 0 Å². The second-order valence-corrected chi connectivity index (χ2v) is 4.83. The van der Waals surface area contributed by atoms with Gasteiger partial charge in [-0.3, -0.25) is 0 Å². The van der Waals surface area contributed by atoms with E-state index < -0.39 is 5.97 Å². The van der Waals surface area contributed by atoms with E-state index in [-0.39, 0.29) is 12.4 Å². The third-order valence-corrected chi connectivity index (χ3v) is 3.46. The number of thioether (sulfide) groups is 1. The number of rotatable bonds is 6. The van der Waals surface area contributed by atoms with Crippen molar-refractivity contribution in [2.24, 2.45) is 0 Å². The first-order valence-corrected chi connectivity index (χ1v) is 6.11. The maximum Gasteiger partial charge on any atom is 0.374 e. The van der Waals surface area contributed by atoms with E-state index in [0.29, 0.717) is 11.0 Å². The molecular formula is C11H16O4S. The van der Waals surface area contributed by atoms with Crippen molar-refractivity contribution in [3.05, 3.63) is 23.7 Å². The first-order chi connectivity index (χ1) is 7.69. The molecular weight excluding hydrogens is 228 g/mol. The Morgan fingerprint density at radius 1 is 1.69 bits per heavy atom. The molecule has 0 fully saturated rings. The van der Waals surface area contributed by atoms with E-state index in [1.807, 2.05) is 6.92 Å². The van der Waals surface area contributed by atoms with E-state index in [9.17, 15) is 4.79 Å². The Labute approximate surface area is 99.0 Å². The van der Waals surface area contributed by atoms with Gasteiger partial charge < -0.3 is 14.3 Å². The van der Waals surface area contributed by atoms with Crippen LogP contribution in [-0.4, -0.2) is 30.0 Å². The molecule has 16 heavy (non-hydrogen) atoms. The molecule has 1 N–H and O–H groups in total. The van der Waals surface area contributed by atoms with Gasteiger partial charge in [0.1, 0.15) is 0 Å². The van der Waals surface area contributed by atoms with Crippen molar-refractivity contribution in [1.29, 1.82) is 0 Å². The molecule has 1 atom stereocenters. The van der Waals surface area contributed by atoms with Gasteiger partial charge in [-0.15, -0.1) is 0 Å². The second-order valence-electron chi connectivity index (χ2n) is 3.40. The number of hydrogen-bond donors (Lipinski definition) is 1. The largest absolute Gasteiger partial charge is 0.463 e. The molecule has 0 radical (unpaired) electrons. The molecule has 0 bridgehead atoms. The van der Waals surface area contributed by atoms with Gasteiger partial charge in [0.25, 0.3) is 0 Å². The molecule has 0 saturated heterocycles. The quantitative estimate of drug-likeness (QED) is 0.776. The Kier molecular flexibility index (Phi) is 5.42. The molecule has 0 aliphatic heterocycles. The Hall–Kier alpha value is -0.940. The smallest absolute Gasteiger partial charge is 0.374 e. The lowest BCUT2D eigenvalue weighted by Crippen LogP contribution is -2.04. The van der Waals surface area contributed by atoms with Crippen molar-refractivity contribution in [2.75, 3.05) is 13.7 Å². The predicted molar refractivity (Wildman–Crippen MR) is 62.5 cm³/mol. The Morgan fingerprint density at radius 3 is 3.06 bits per heavy atom. The fraction of sp³-hybridized carbons (Fsp3) is 0.545. The first-order valence-electron chi connectivity index (χ1n) is 5.06. The maximum atomic E-state index is 11.3. The van der Waals surface area contributed by atoms with Gasteiger partial charge in [-0.2, -0.15) is 11.8 Å². The summed E-state index contributed by atoms with van der Waals surface area (Å²) in [6.45, 7) is 2.22. The number of furan rings is 1. The summed E-state index contributed by atoms with van der Waals surface area (Å²) in [5.41, 5.74) is 0.835. The summed E-state index contributed by atoms with van der Waals surface area (Å²) < 4.78 is 9.68. The number of methoxy groups -OCH3 is 1. The highest BCUT2D eigenvalue weighted by molar-refractivity contribution is 7.99. The minimum absolute atomic E-state index is 0.184. The molecule has 5 heteroatoms. The zero-order valence-corrected chi connectivity index (χ0v) is 10.3. The van der Waals surface area contributed by atoms with Gasteiger partial charge in [0, 0.05) is 23.2 Å². The summed E-state index contributed by atoms with van der Waals surface area (Å²) in [6.07, 6.45) is 2.23. The normalized spacial score (nSPS) is 12.4. The number of carbonyl (C=O) groups is 1. The number of carbonyl (C=O) groups excluding carboxylic acids is 1. The summed E-state index contributed by atoms with van der Waals surface area (Å²) in [7, 11) is 1.33. The van der Waals surface area contributed by atoms with Crippen molar-refractivity contribution >= 4 is 17.7 Å². The van der Waals surface area contributed by atoms with E-state index in [0.717, 1.165) is 12.0 Å². The van der Waals surface area contributed by atoms with Crippen LogP contribution in [0.1, 0.15) is 29.5 Å². The summed E-state index contributed by atoms with van der Waals surface area (Å²) in [5, 5.41) is 9.12. The van der Waals surface area contributed by atoms with Crippen molar-refractivity contribution < 1.29 is 19.1 Å². The number of aliphatic hydroxyl groups is 1. The Balaban J connectivity index is 2.54. The van der Waals surface area contributed by atoms with Crippen LogP contribution >= 0.6 is 11.8 Å². The third-order valence-electron chi connectivity index (χ3n) is 2.18. The van der Waals surface area contributed by atoms with Crippen LogP contribution in [0.2, 0.25) is 0 Å². The lowest BCUT2D eigenvalue weighted by atomic mass is 10.3. The van der Waals surface area contributed by atoms with Gasteiger partial charge >= 0.3 is 5.97 Å². The van der Waals surface area contributed by atoms with Crippen LogP contribution in [0.15, 0.2) is 16.7 Å².